The number of rotatable bonds is 3. The second kappa shape index (κ2) is 5.50. The van der Waals surface area contributed by atoms with Gasteiger partial charge in [0.05, 0.1) is 6.54 Å². The van der Waals surface area contributed by atoms with E-state index in [1.54, 1.807) is 0 Å². The summed E-state index contributed by atoms with van der Waals surface area (Å²) < 4.78 is 1.93. The Balaban J connectivity index is 1.97. The highest BCUT2D eigenvalue weighted by Crippen LogP contribution is 2.16. The highest BCUT2D eigenvalue weighted by atomic mass is 16.1. The summed E-state index contributed by atoms with van der Waals surface area (Å²) in [5, 5.41) is 0. The third kappa shape index (κ3) is 3.19. The van der Waals surface area contributed by atoms with Crippen molar-refractivity contribution in [2.45, 2.75) is 38.6 Å². The lowest BCUT2D eigenvalue weighted by Crippen LogP contribution is -2.36. The molecule has 3 heteroatoms. The number of nitrogens with zero attached hydrogens (tertiary/aromatic N) is 2. The fraction of sp³-hybridized carbons (Fsp3) is 0.643. The van der Waals surface area contributed by atoms with Crippen molar-refractivity contribution in [3.05, 3.63) is 24.0 Å². The Morgan fingerprint density at radius 3 is 2.94 bits per heavy atom. The molecule has 3 nitrogen and oxygen atoms in total. The molecule has 0 N–H and O–H groups in total. The average molecular weight is 234 g/mol. The van der Waals surface area contributed by atoms with E-state index in [1.165, 1.54) is 25.7 Å². The van der Waals surface area contributed by atoms with Crippen molar-refractivity contribution >= 4 is 5.78 Å². The molecule has 1 saturated heterocycles. The van der Waals surface area contributed by atoms with Crippen LogP contribution in [-0.4, -0.2) is 34.4 Å². The van der Waals surface area contributed by atoms with Crippen molar-refractivity contribution in [2.75, 3.05) is 13.1 Å². The zero-order valence-corrected chi connectivity index (χ0v) is 10.9. The summed E-state index contributed by atoms with van der Waals surface area (Å²) in [5.74, 6) is 0.249. The number of hydrogen-bond donors (Lipinski definition) is 0. The average Bonchev–Trinajstić information content (AvgIpc) is 2.63. The van der Waals surface area contributed by atoms with Crippen LogP contribution < -0.4 is 0 Å². The van der Waals surface area contributed by atoms with E-state index in [0.717, 1.165) is 12.1 Å². The molecular weight excluding hydrogens is 212 g/mol. The molecule has 17 heavy (non-hydrogen) atoms. The fourth-order valence-corrected chi connectivity index (χ4v) is 2.51. The zero-order chi connectivity index (χ0) is 12.3. The summed E-state index contributed by atoms with van der Waals surface area (Å²) in [6, 6.07) is 2.45. The number of carbonyl (C=O) groups is 1. The minimum atomic E-state index is 0.249. The lowest BCUT2D eigenvalue weighted by atomic mass is 10.1. The Morgan fingerprint density at radius 1 is 1.41 bits per heavy atom. The maximum atomic E-state index is 12.1. The van der Waals surface area contributed by atoms with E-state index in [1.807, 2.05) is 30.1 Å². The van der Waals surface area contributed by atoms with Gasteiger partial charge in [0.25, 0.3) is 0 Å². The molecule has 2 rings (SSSR count). The minimum absolute atomic E-state index is 0.249. The van der Waals surface area contributed by atoms with Crippen molar-refractivity contribution in [2.24, 2.45) is 7.05 Å². The van der Waals surface area contributed by atoms with Gasteiger partial charge in [-0.25, -0.2) is 0 Å². The molecule has 1 aliphatic rings. The van der Waals surface area contributed by atoms with E-state index in [-0.39, 0.29) is 5.78 Å². The third-order valence-electron chi connectivity index (χ3n) is 3.69. The Kier molecular flexibility index (Phi) is 4.00. The maximum absolute atomic E-state index is 12.1. The van der Waals surface area contributed by atoms with Crippen LogP contribution in [0.4, 0.5) is 0 Å². The predicted octanol–water partition coefficient (Wildman–Crippen LogP) is 2.47. The second-order valence-electron chi connectivity index (χ2n) is 5.16. The summed E-state index contributed by atoms with van der Waals surface area (Å²) in [4.78, 5) is 14.5. The maximum Gasteiger partial charge on any atom is 0.178 e. The predicted molar refractivity (Wildman–Crippen MR) is 69.2 cm³/mol. The summed E-state index contributed by atoms with van der Waals surface area (Å²) in [6.07, 6.45) is 8.90. The first-order valence-electron chi connectivity index (χ1n) is 6.56. The van der Waals surface area contributed by atoms with E-state index in [9.17, 15) is 4.79 Å². The van der Waals surface area contributed by atoms with Crippen LogP contribution in [0.25, 0.3) is 0 Å². The van der Waals surface area contributed by atoms with Gasteiger partial charge in [-0.3, -0.25) is 9.69 Å². The fourth-order valence-electron chi connectivity index (χ4n) is 2.51. The number of ketones is 1. The molecule has 0 aliphatic carbocycles. The van der Waals surface area contributed by atoms with Gasteiger partial charge >= 0.3 is 0 Å². The molecule has 0 amide bonds. The number of Topliss-reactive ketones (excluding diaryl/α,β-unsaturated/α-hetero) is 1. The summed E-state index contributed by atoms with van der Waals surface area (Å²) in [5.41, 5.74) is 0.837. The highest BCUT2D eigenvalue weighted by Gasteiger charge is 2.20. The summed E-state index contributed by atoms with van der Waals surface area (Å²) in [7, 11) is 1.95. The molecule has 0 spiro atoms. The van der Waals surface area contributed by atoms with Crippen LogP contribution in [-0.2, 0) is 7.05 Å². The normalized spacial score (nSPS) is 22.4. The highest BCUT2D eigenvalue weighted by molar-refractivity contribution is 5.97. The third-order valence-corrected chi connectivity index (χ3v) is 3.69. The van der Waals surface area contributed by atoms with Gasteiger partial charge in [0.15, 0.2) is 5.78 Å². The molecular formula is C14H22N2O. The Morgan fingerprint density at radius 2 is 2.24 bits per heavy atom. The van der Waals surface area contributed by atoms with E-state index in [2.05, 4.69) is 11.8 Å². The molecule has 0 aromatic carbocycles. The van der Waals surface area contributed by atoms with Crippen molar-refractivity contribution in [3.63, 3.8) is 0 Å². The van der Waals surface area contributed by atoms with Crippen molar-refractivity contribution in [3.8, 4) is 0 Å². The smallest absolute Gasteiger partial charge is 0.178 e. The molecule has 0 radical (unpaired) electrons. The van der Waals surface area contributed by atoms with Crippen molar-refractivity contribution in [1.29, 1.82) is 0 Å². The number of hydrogen-bond acceptors (Lipinski definition) is 2. The van der Waals surface area contributed by atoms with Crippen molar-refractivity contribution < 1.29 is 4.79 Å². The van der Waals surface area contributed by atoms with Gasteiger partial charge in [-0.2, -0.15) is 0 Å². The zero-order valence-electron chi connectivity index (χ0n) is 10.9. The molecule has 1 unspecified atom stereocenters. The molecule has 1 atom stereocenters. The first-order chi connectivity index (χ1) is 8.16. The largest absolute Gasteiger partial charge is 0.357 e. The van der Waals surface area contributed by atoms with Crippen LogP contribution in [0, 0.1) is 0 Å². The Hall–Kier alpha value is -1.09. The molecule has 1 aromatic rings. The lowest BCUT2D eigenvalue weighted by Gasteiger charge is -2.25. The molecule has 94 valence electrons. The van der Waals surface area contributed by atoms with Crippen LogP contribution in [0.1, 0.15) is 43.0 Å². The number of aromatic nitrogens is 1. The topological polar surface area (TPSA) is 25.2 Å². The van der Waals surface area contributed by atoms with E-state index in [0.29, 0.717) is 12.6 Å². The standard InChI is InChI=1S/C14H22N2O/c1-12-6-4-3-5-8-16(12)11-14(17)13-7-9-15(2)10-13/h7,9-10,12H,3-6,8,11H2,1-2H3. The molecule has 2 heterocycles. The van der Waals surface area contributed by atoms with Crippen LogP contribution in [0.5, 0.6) is 0 Å². The van der Waals surface area contributed by atoms with Crippen LogP contribution in [0.3, 0.4) is 0 Å². The Labute approximate surface area is 103 Å². The van der Waals surface area contributed by atoms with Gasteiger partial charge in [-0.05, 0) is 32.4 Å². The molecule has 1 fully saturated rings. The van der Waals surface area contributed by atoms with E-state index >= 15 is 0 Å². The van der Waals surface area contributed by atoms with Gasteiger partial charge in [0.2, 0.25) is 0 Å². The van der Waals surface area contributed by atoms with Gasteiger partial charge in [0, 0.05) is 31.0 Å². The quantitative estimate of drug-likeness (QED) is 0.751. The second-order valence-corrected chi connectivity index (χ2v) is 5.16. The van der Waals surface area contributed by atoms with Gasteiger partial charge in [-0.1, -0.05) is 12.8 Å². The monoisotopic (exact) mass is 234 g/mol. The van der Waals surface area contributed by atoms with Gasteiger partial charge in [0.1, 0.15) is 0 Å². The van der Waals surface area contributed by atoms with E-state index in [4.69, 9.17) is 0 Å². The SMILES string of the molecule is CC1CCCCCN1CC(=O)c1ccn(C)c1. The molecule has 1 aromatic heterocycles. The molecule has 0 bridgehead atoms. The molecule has 0 saturated carbocycles. The summed E-state index contributed by atoms with van der Waals surface area (Å²) in [6.45, 7) is 3.88. The molecule has 1 aliphatic heterocycles. The van der Waals surface area contributed by atoms with Crippen molar-refractivity contribution in [1.82, 2.24) is 9.47 Å². The van der Waals surface area contributed by atoms with Crippen LogP contribution in [0.15, 0.2) is 18.5 Å². The number of likely N-dealkylation sites (tertiary alicyclic amines) is 1. The minimum Gasteiger partial charge on any atom is -0.357 e. The number of carbonyl (C=O) groups excluding carboxylic acids is 1. The first kappa shape index (κ1) is 12.4. The lowest BCUT2D eigenvalue weighted by molar-refractivity contribution is 0.0901. The number of aryl methyl sites for hydroxylation is 1. The van der Waals surface area contributed by atoms with Crippen LogP contribution in [0.2, 0.25) is 0 Å². The van der Waals surface area contributed by atoms with Gasteiger partial charge < -0.3 is 4.57 Å². The first-order valence-corrected chi connectivity index (χ1v) is 6.56. The Bertz CT molecular complexity index is 383. The van der Waals surface area contributed by atoms with Crippen LogP contribution >= 0.6 is 0 Å². The summed E-state index contributed by atoms with van der Waals surface area (Å²) >= 11 is 0. The van der Waals surface area contributed by atoms with E-state index < -0.39 is 0 Å². The van der Waals surface area contributed by atoms with Gasteiger partial charge in [-0.15, -0.1) is 0 Å².